The zero-order valence-corrected chi connectivity index (χ0v) is 19.7. The topological polar surface area (TPSA) is 18.5 Å². The van der Waals surface area contributed by atoms with Gasteiger partial charge in [-0.15, -0.1) is 0 Å². The standard InChI is InChI=1S/C25H26IO2P/c1-21(20-25(2)27-18-19-28-25)29(26,22-12-6-3-7-13-22,23-14-8-4-9-15-23)24-16-10-5-11-17-24/h3-17H,1,18-20H2,2H3. The second-order valence-corrected chi connectivity index (χ2v) is 17.6. The van der Waals surface area contributed by atoms with Gasteiger partial charge in [0.15, 0.2) is 0 Å². The summed E-state index contributed by atoms with van der Waals surface area (Å²) in [5.41, 5.74) is 0. The first-order chi connectivity index (χ1) is 14.0. The van der Waals surface area contributed by atoms with E-state index in [4.69, 9.17) is 16.1 Å². The first-order valence-electron chi connectivity index (χ1n) is 9.84. The van der Waals surface area contributed by atoms with Gasteiger partial charge < -0.3 is 0 Å². The van der Waals surface area contributed by atoms with Crippen molar-refractivity contribution in [2.45, 2.75) is 19.1 Å². The van der Waals surface area contributed by atoms with Crippen molar-refractivity contribution in [1.29, 1.82) is 0 Å². The molecule has 1 heterocycles. The van der Waals surface area contributed by atoms with Gasteiger partial charge in [0.05, 0.1) is 0 Å². The Balaban J connectivity index is 2.03. The van der Waals surface area contributed by atoms with Crippen LogP contribution in [0.25, 0.3) is 0 Å². The van der Waals surface area contributed by atoms with Gasteiger partial charge in [0.1, 0.15) is 0 Å². The van der Waals surface area contributed by atoms with E-state index in [0.717, 1.165) is 5.31 Å². The van der Waals surface area contributed by atoms with Crippen LogP contribution in [0.1, 0.15) is 13.3 Å². The molecule has 0 atom stereocenters. The molecular weight excluding hydrogens is 490 g/mol. The fraction of sp³-hybridized carbons (Fsp3) is 0.200. The average Bonchev–Trinajstić information content (AvgIpc) is 3.21. The average molecular weight is 516 g/mol. The maximum atomic E-state index is 5.99. The zero-order chi connectivity index (χ0) is 20.4. The summed E-state index contributed by atoms with van der Waals surface area (Å²) in [6.07, 6.45) is 0.645. The molecule has 0 saturated carbocycles. The van der Waals surface area contributed by atoms with Crippen molar-refractivity contribution in [3.8, 4) is 0 Å². The monoisotopic (exact) mass is 516 g/mol. The number of benzene rings is 3. The second-order valence-electron chi connectivity index (χ2n) is 7.59. The molecule has 0 spiro atoms. The molecule has 3 aromatic carbocycles. The van der Waals surface area contributed by atoms with Gasteiger partial charge >= 0.3 is 187 Å². The Labute approximate surface area is 186 Å². The molecule has 1 aliphatic heterocycles. The molecule has 2 nitrogen and oxygen atoms in total. The molecule has 1 aliphatic rings. The predicted molar refractivity (Wildman–Crippen MR) is 133 cm³/mol. The summed E-state index contributed by atoms with van der Waals surface area (Å²) in [6.45, 7) is 8.01. The Kier molecular flexibility index (Phi) is 5.69. The molecule has 150 valence electrons. The van der Waals surface area contributed by atoms with Crippen LogP contribution in [0.2, 0.25) is 0 Å². The van der Waals surface area contributed by atoms with Crippen molar-refractivity contribution in [3.63, 3.8) is 0 Å². The minimum absolute atomic E-state index is 0.628. The molecule has 0 aliphatic carbocycles. The van der Waals surface area contributed by atoms with Crippen LogP contribution in [0.5, 0.6) is 0 Å². The molecule has 0 bridgehead atoms. The Morgan fingerprint density at radius 2 is 1.14 bits per heavy atom. The molecule has 29 heavy (non-hydrogen) atoms. The first kappa shape index (κ1) is 20.7. The molecule has 1 saturated heterocycles. The summed E-state index contributed by atoms with van der Waals surface area (Å²) in [6, 6.07) is 32.4. The SMILES string of the molecule is C=C(CC1(C)OCCO1)P(I)(c1ccccc1)(c1ccccc1)c1ccccc1. The summed E-state index contributed by atoms with van der Waals surface area (Å²) < 4.78 is 8.94. The molecule has 1 fully saturated rings. The fourth-order valence-corrected chi connectivity index (χ4v) is 12.5. The number of ether oxygens (including phenoxy) is 2. The van der Waals surface area contributed by atoms with Crippen LogP contribution in [0, 0.1) is 0 Å². The van der Waals surface area contributed by atoms with Crippen molar-refractivity contribution in [2.24, 2.45) is 0 Å². The maximum absolute atomic E-state index is 5.99. The number of hydrogen-bond acceptors (Lipinski definition) is 2. The Hall–Kier alpha value is -1.52. The quantitative estimate of drug-likeness (QED) is 0.317. The zero-order valence-electron chi connectivity index (χ0n) is 16.6. The molecule has 4 heteroatoms. The van der Waals surface area contributed by atoms with Gasteiger partial charge in [-0.05, 0) is 0 Å². The third kappa shape index (κ3) is 3.38. The normalized spacial score (nSPS) is 17.4. The van der Waals surface area contributed by atoms with E-state index < -0.39 is 10.0 Å². The van der Waals surface area contributed by atoms with Crippen LogP contribution in [0.15, 0.2) is 103 Å². The molecule has 3 aromatic rings. The number of halogens is 1. The second kappa shape index (κ2) is 7.96. The third-order valence-corrected chi connectivity index (χ3v) is 18.0. The van der Waals surface area contributed by atoms with Crippen molar-refractivity contribution in [2.75, 3.05) is 13.2 Å². The Morgan fingerprint density at radius 1 is 0.793 bits per heavy atom. The van der Waals surface area contributed by atoms with Crippen molar-refractivity contribution in [1.82, 2.24) is 0 Å². The molecule has 0 unspecified atom stereocenters. The van der Waals surface area contributed by atoms with Gasteiger partial charge in [0, 0.05) is 0 Å². The Bertz CT molecular complexity index is 884. The molecular formula is C25H26IO2P. The van der Waals surface area contributed by atoms with Gasteiger partial charge in [-0.25, -0.2) is 0 Å². The summed E-state index contributed by atoms with van der Waals surface area (Å²) in [5, 5.41) is 5.04. The van der Waals surface area contributed by atoms with E-state index in [1.807, 2.05) is 6.92 Å². The Morgan fingerprint density at radius 3 is 1.48 bits per heavy atom. The van der Waals surface area contributed by atoms with Crippen LogP contribution in [0.3, 0.4) is 0 Å². The van der Waals surface area contributed by atoms with E-state index in [0.29, 0.717) is 19.6 Å². The van der Waals surface area contributed by atoms with Gasteiger partial charge in [-0.3, -0.25) is 0 Å². The molecule has 0 radical (unpaired) electrons. The van der Waals surface area contributed by atoms with Crippen LogP contribution in [-0.2, 0) is 9.47 Å². The van der Waals surface area contributed by atoms with Gasteiger partial charge in [0.25, 0.3) is 0 Å². The molecule has 4 rings (SSSR count). The fourth-order valence-electron chi connectivity index (χ4n) is 4.30. The first-order valence-corrected chi connectivity index (χ1v) is 14.9. The predicted octanol–water partition coefficient (Wildman–Crippen LogP) is 5.53. The van der Waals surface area contributed by atoms with Crippen LogP contribution in [-0.4, -0.2) is 19.0 Å². The van der Waals surface area contributed by atoms with E-state index in [2.05, 4.69) is 113 Å². The summed E-state index contributed by atoms with van der Waals surface area (Å²) in [5.74, 6) is -0.635. The summed E-state index contributed by atoms with van der Waals surface area (Å²) >= 11 is 2.74. The van der Waals surface area contributed by atoms with E-state index in [1.54, 1.807) is 0 Å². The van der Waals surface area contributed by atoms with Crippen molar-refractivity contribution < 1.29 is 9.47 Å². The van der Waals surface area contributed by atoms with E-state index in [1.165, 1.54) is 15.9 Å². The van der Waals surface area contributed by atoms with Crippen LogP contribution >= 0.6 is 26.3 Å². The van der Waals surface area contributed by atoms with Crippen molar-refractivity contribution >= 4 is 42.2 Å². The molecule has 0 N–H and O–H groups in total. The summed E-state index contributed by atoms with van der Waals surface area (Å²) in [4.78, 5) is 0. The van der Waals surface area contributed by atoms with E-state index >= 15 is 0 Å². The van der Waals surface area contributed by atoms with Crippen LogP contribution < -0.4 is 15.9 Å². The number of rotatable bonds is 6. The molecule has 0 aromatic heterocycles. The van der Waals surface area contributed by atoms with Gasteiger partial charge in [0.2, 0.25) is 0 Å². The minimum atomic E-state index is -3.05. The van der Waals surface area contributed by atoms with E-state index in [9.17, 15) is 0 Å². The molecule has 0 amide bonds. The third-order valence-electron chi connectivity index (χ3n) is 5.74. The number of hydrogen-bond donors (Lipinski definition) is 0. The van der Waals surface area contributed by atoms with Gasteiger partial charge in [-0.1, -0.05) is 0 Å². The van der Waals surface area contributed by atoms with Crippen molar-refractivity contribution in [3.05, 3.63) is 103 Å². The van der Waals surface area contributed by atoms with E-state index in [-0.39, 0.29) is 0 Å². The van der Waals surface area contributed by atoms with Crippen LogP contribution in [0.4, 0.5) is 0 Å². The summed E-state index contributed by atoms with van der Waals surface area (Å²) in [7, 11) is 0. The van der Waals surface area contributed by atoms with Gasteiger partial charge in [-0.2, -0.15) is 0 Å².